The molecule has 6 aliphatic rings. The van der Waals surface area contributed by atoms with Crippen LogP contribution in [0.25, 0.3) is 28.6 Å². The number of hydrogen-bond donors (Lipinski definition) is 0. The highest BCUT2D eigenvalue weighted by Gasteiger charge is 2.53. The molecular formula is C67H57F10N11O8. The van der Waals surface area contributed by atoms with Crippen molar-refractivity contribution in [3.05, 3.63) is 197 Å². The van der Waals surface area contributed by atoms with Gasteiger partial charge in [-0.3, -0.25) is 14.4 Å². The molecule has 19 nitrogen and oxygen atoms in total. The van der Waals surface area contributed by atoms with Crippen molar-refractivity contribution in [3.8, 4) is 46.1 Å². The van der Waals surface area contributed by atoms with Gasteiger partial charge in [-0.15, -0.1) is 0 Å². The highest BCUT2D eigenvalue weighted by molar-refractivity contribution is 6.02. The molecule has 15 rings (SSSR count). The number of carbonyl (C=O) groups excluding carboxylic acids is 3. The van der Waals surface area contributed by atoms with Crippen molar-refractivity contribution in [2.45, 2.75) is 145 Å². The van der Waals surface area contributed by atoms with E-state index < -0.39 is 47.3 Å². The fourth-order valence-corrected chi connectivity index (χ4v) is 14.1. The predicted octanol–water partition coefficient (Wildman–Crippen LogP) is 13.4. The molecule has 6 aromatic heterocycles. The number of para-hydroxylation sites is 1. The molecule has 0 N–H and O–H groups in total. The van der Waals surface area contributed by atoms with Gasteiger partial charge in [-0.05, 0) is 112 Å². The topological polar surface area (TPSA) is 210 Å². The van der Waals surface area contributed by atoms with Gasteiger partial charge in [-0.25, -0.2) is 29.3 Å². The minimum atomic E-state index is -4.50. The Bertz CT molecular complexity index is 3830. The Hall–Kier alpha value is -10.2. The third-order valence-electron chi connectivity index (χ3n) is 18.3. The van der Waals surface area contributed by atoms with Crippen molar-refractivity contribution in [2.75, 3.05) is 0 Å². The van der Waals surface area contributed by atoms with Crippen LogP contribution in [0.1, 0.15) is 117 Å². The van der Waals surface area contributed by atoms with E-state index in [2.05, 4.69) is 35.1 Å². The lowest BCUT2D eigenvalue weighted by atomic mass is 9.98. The van der Waals surface area contributed by atoms with Crippen LogP contribution in [0.4, 0.5) is 43.9 Å². The second-order valence-corrected chi connectivity index (χ2v) is 24.0. The first-order valence-electron chi connectivity index (χ1n) is 30.7. The van der Waals surface area contributed by atoms with Gasteiger partial charge < -0.3 is 37.7 Å². The molecule has 9 atom stereocenters. The Morgan fingerprint density at radius 3 is 1.38 bits per heavy atom. The maximum absolute atomic E-state index is 14.6. The first-order chi connectivity index (χ1) is 46.0. The molecule has 0 radical (unpaired) electrons. The number of alkyl halides is 9. The number of pyridine rings is 3. The second-order valence-electron chi connectivity index (χ2n) is 24.0. The number of hydrogen-bond acceptors (Lipinski definition) is 15. The Balaban J connectivity index is 0.000000130. The Morgan fingerprint density at radius 1 is 0.469 bits per heavy atom. The Morgan fingerprint density at radius 2 is 0.927 bits per heavy atom. The number of rotatable bonds is 12. The van der Waals surface area contributed by atoms with Crippen LogP contribution in [0.3, 0.4) is 0 Å². The van der Waals surface area contributed by atoms with Crippen LogP contribution in [0.2, 0.25) is 0 Å². The molecule has 96 heavy (non-hydrogen) atoms. The summed E-state index contributed by atoms with van der Waals surface area (Å²) in [5.74, 6) is -0.373. The van der Waals surface area contributed by atoms with Gasteiger partial charge in [0.1, 0.15) is 53.8 Å². The number of nitrogens with zero attached hydrogens (tertiary/aromatic N) is 11. The number of amides is 3. The quantitative estimate of drug-likeness (QED) is 0.104. The molecule has 6 bridgehead atoms. The largest absolute Gasteiger partial charge is 0.487 e. The summed E-state index contributed by atoms with van der Waals surface area (Å²) in [5.41, 5.74) is 1.56. The van der Waals surface area contributed by atoms with Crippen LogP contribution in [0.5, 0.6) is 17.5 Å². The van der Waals surface area contributed by atoms with Crippen LogP contribution < -0.4 is 14.2 Å². The lowest BCUT2D eigenvalue weighted by Gasteiger charge is -2.26. The number of benzene rings is 3. The average Bonchev–Trinajstić information content (AvgIpc) is 1.60. The van der Waals surface area contributed by atoms with Crippen LogP contribution in [-0.4, -0.2) is 127 Å². The second kappa shape index (κ2) is 25.8. The summed E-state index contributed by atoms with van der Waals surface area (Å²) in [4.78, 5) is 66.6. The van der Waals surface area contributed by atoms with Gasteiger partial charge in [0.05, 0.1) is 88.1 Å². The van der Waals surface area contributed by atoms with E-state index in [1.54, 1.807) is 29.4 Å². The minimum absolute atomic E-state index is 0.00401. The highest BCUT2D eigenvalue weighted by Crippen LogP contribution is 2.46. The van der Waals surface area contributed by atoms with Crippen molar-refractivity contribution in [2.24, 2.45) is 0 Å². The third-order valence-corrected chi connectivity index (χ3v) is 18.3. The summed E-state index contributed by atoms with van der Waals surface area (Å²) >= 11 is 0. The molecule has 3 amide bonds. The van der Waals surface area contributed by atoms with Gasteiger partial charge in [0.2, 0.25) is 23.5 Å². The predicted molar refractivity (Wildman–Crippen MR) is 318 cm³/mol. The summed E-state index contributed by atoms with van der Waals surface area (Å²) in [6.07, 6.45) is 3.36. The monoisotopic (exact) mass is 1330 g/mol. The van der Waals surface area contributed by atoms with E-state index in [4.69, 9.17) is 23.0 Å². The van der Waals surface area contributed by atoms with Crippen LogP contribution in [0, 0.1) is 19.7 Å². The molecule has 29 heteroatoms. The molecule has 0 saturated carbocycles. The summed E-state index contributed by atoms with van der Waals surface area (Å²) in [7, 11) is 0. The van der Waals surface area contributed by atoms with Gasteiger partial charge in [-0.2, -0.15) is 54.5 Å². The highest BCUT2D eigenvalue weighted by atomic mass is 19.4. The van der Waals surface area contributed by atoms with Crippen LogP contribution in [-0.2, 0) is 18.5 Å². The molecule has 9 aromatic rings. The number of oxazole rings is 2. The van der Waals surface area contributed by atoms with E-state index in [1.807, 2.05) is 47.9 Å². The first kappa shape index (κ1) is 64.5. The van der Waals surface area contributed by atoms with Gasteiger partial charge in [-0.1, -0.05) is 30.3 Å². The van der Waals surface area contributed by atoms with Crippen LogP contribution >= 0.6 is 0 Å². The molecule has 6 aliphatic heterocycles. The zero-order chi connectivity index (χ0) is 67.4. The van der Waals surface area contributed by atoms with Crippen molar-refractivity contribution in [3.63, 3.8) is 0 Å². The number of ether oxygens (including phenoxy) is 3. The summed E-state index contributed by atoms with van der Waals surface area (Å²) < 4.78 is 158. The summed E-state index contributed by atoms with van der Waals surface area (Å²) in [6, 6.07) is 20.9. The molecule has 12 heterocycles. The SMILES string of the molecule is Cc1cccc(C(=O)N2C3CCC2C(Oc2ccc(C(F)(F)F)cn2)C3)c1-c1ncco1.Cc1cccc(C(=O)N2C3CCC2C(Oc2ccc(C(F)(F)F)nc2)C3)c1-n1nccn1.O=C(c1cccc(F)c1-c1ncco1)N1C2CCC1C(Oc1ccc(C(F)(F)F)cn1)C2. The molecule has 0 aliphatic carbocycles. The smallest absolute Gasteiger partial charge is 0.433 e. The molecule has 6 fully saturated rings. The number of fused-ring (bicyclic) bond motifs is 6. The average molecular weight is 1330 g/mol. The third kappa shape index (κ3) is 12.8. The van der Waals surface area contributed by atoms with Gasteiger partial charge in [0.25, 0.3) is 17.7 Å². The van der Waals surface area contributed by atoms with Crippen molar-refractivity contribution in [1.82, 2.24) is 54.6 Å². The maximum Gasteiger partial charge on any atom is 0.433 e. The summed E-state index contributed by atoms with van der Waals surface area (Å²) in [6.45, 7) is 3.80. The van der Waals surface area contributed by atoms with E-state index in [0.29, 0.717) is 54.0 Å². The molecule has 3 aromatic carbocycles. The lowest BCUT2D eigenvalue weighted by molar-refractivity contribution is -0.141. The number of aryl methyl sites for hydroxylation is 2. The Labute approximate surface area is 540 Å². The Kier molecular flexibility index (Phi) is 17.4. The van der Waals surface area contributed by atoms with E-state index in [-0.39, 0.29) is 101 Å². The molecule has 498 valence electrons. The van der Waals surface area contributed by atoms with Crippen molar-refractivity contribution >= 4 is 17.7 Å². The fraction of sp³-hybridized carbons (Fsp3) is 0.343. The van der Waals surface area contributed by atoms with Gasteiger partial charge in [0, 0.05) is 61.9 Å². The fourth-order valence-electron chi connectivity index (χ4n) is 14.1. The maximum atomic E-state index is 14.6. The zero-order valence-corrected chi connectivity index (χ0v) is 50.9. The number of aromatic nitrogens is 8. The van der Waals surface area contributed by atoms with Gasteiger partial charge >= 0.3 is 18.5 Å². The van der Waals surface area contributed by atoms with Crippen molar-refractivity contribution in [1.29, 1.82) is 0 Å². The normalized spacial score (nSPS) is 22.4. The van der Waals surface area contributed by atoms with E-state index in [9.17, 15) is 58.3 Å². The molecule has 0 spiro atoms. The van der Waals surface area contributed by atoms with E-state index in [1.165, 1.54) is 66.1 Å². The minimum Gasteiger partial charge on any atom is -0.487 e. The van der Waals surface area contributed by atoms with E-state index >= 15 is 0 Å². The number of carbonyl (C=O) groups is 3. The lowest BCUT2D eigenvalue weighted by Crippen LogP contribution is -2.39. The van der Waals surface area contributed by atoms with Crippen molar-refractivity contribution < 1.29 is 81.3 Å². The van der Waals surface area contributed by atoms with Crippen LogP contribution in [0.15, 0.2) is 156 Å². The molecule has 6 saturated heterocycles. The number of halogens is 10. The molecular weight excluding hydrogens is 1280 g/mol. The zero-order valence-electron chi connectivity index (χ0n) is 50.9. The standard InChI is InChI=1S/C23H20F3N3O3.C22H17F4N3O3.C22H20F3N5O2/c1-13-3-2-4-16(20(13)21-27-9-10-31-21)22(30)29-15-6-7-17(29)18(11-15)32-19-8-5-14(12-28-19)23(24,25)26;23-15-3-1-2-14(19(15)20-27-8-9-31-20)21(30)29-13-5-6-16(29)17(10-13)32-18-7-4-12(11-28-18)22(24,25)26;1-13-3-2-4-16(20(13)30-27-9-10-28-30)21(31)29-14-5-7-17(29)18(11-14)32-15-6-8-19(26-12-15)22(23,24)25/h2-5,8-10,12,15,17-18H,6-7,11H2,1H3;1-4,7-9,11,13,16-17H,5-6,10H2;2-4,6,8-10,12,14,17-18H,5,7,11H2,1H3. The molecule has 9 unspecified atom stereocenters. The summed E-state index contributed by atoms with van der Waals surface area (Å²) in [5, 5.41) is 8.38. The van der Waals surface area contributed by atoms with E-state index in [0.717, 1.165) is 80.0 Å². The first-order valence-corrected chi connectivity index (χ1v) is 30.7. The van der Waals surface area contributed by atoms with Gasteiger partial charge in [0.15, 0.2) is 0 Å².